The molecule has 1 amide bonds. The number of aromatic nitrogens is 2. The summed E-state index contributed by atoms with van der Waals surface area (Å²) in [7, 11) is 0. The third-order valence-corrected chi connectivity index (χ3v) is 3.35. The van der Waals surface area contributed by atoms with Gasteiger partial charge in [-0.15, -0.1) is 0 Å². The number of aromatic amines is 1. The Morgan fingerprint density at radius 1 is 1.19 bits per heavy atom. The predicted octanol–water partition coefficient (Wildman–Crippen LogP) is 2.48. The number of para-hydroxylation sites is 1. The van der Waals surface area contributed by atoms with Crippen molar-refractivity contribution in [1.82, 2.24) is 15.1 Å². The molecule has 0 aliphatic heterocycles. The molecule has 0 aliphatic carbocycles. The third-order valence-electron chi connectivity index (χ3n) is 3.35. The average molecular weight is 287 g/mol. The van der Waals surface area contributed by atoms with Gasteiger partial charge in [0.05, 0.1) is 5.69 Å². The van der Waals surface area contributed by atoms with Gasteiger partial charge in [-0.3, -0.25) is 14.7 Å². The highest BCUT2D eigenvalue weighted by molar-refractivity contribution is 5.93. The molecule has 1 aromatic carbocycles. The number of H-pyrrole nitrogens is 1. The van der Waals surface area contributed by atoms with Crippen LogP contribution in [0.4, 0.5) is 0 Å². The second-order valence-electron chi connectivity index (χ2n) is 4.98. The monoisotopic (exact) mass is 287 g/mol. The number of nitrogens with one attached hydrogen (secondary N) is 2. The number of hydrogen-bond acceptors (Lipinski definition) is 2. The van der Waals surface area contributed by atoms with Crippen molar-refractivity contribution in [1.29, 1.82) is 0 Å². The van der Waals surface area contributed by atoms with Crippen LogP contribution in [0, 0.1) is 0 Å². The summed E-state index contributed by atoms with van der Waals surface area (Å²) in [6, 6.07) is 9.18. The molecule has 1 aromatic heterocycles. The molecular formula is C16H21N3O2. The van der Waals surface area contributed by atoms with E-state index in [1.807, 2.05) is 30.3 Å². The van der Waals surface area contributed by atoms with Gasteiger partial charge < -0.3 is 5.32 Å². The van der Waals surface area contributed by atoms with Crippen LogP contribution < -0.4 is 10.9 Å². The molecule has 112 valence electrons. The standard InChI is InChI=1S/C16H21N3O2/c1-2-3-4-8-11-17-15(20)14-12-18-19(16(14)21)13-9-6-5-7-10-13/h5-7,9-10,12,18H,2-4,8,11H2,1H3,(H,17,20). The minimum atomic E-state index is -0.327. The largest absolute Gasteiger partial charge is 0.352 e. The van der Waals surface area contributed by atoms with E-state index in [-0.39, 0.29) is 17.0 Å². The van der Waals surface area contributed by atoms with Gasteiger partial charge in [-0.05, 0) is 18.6 Å². The Balaban J connectivity index is 2.00. The van der Waals surface area contributed by atoms with Gasteiger partial charge in [-0.2, -0.15) is 0 Å². The van der Waals surface area contributed by atoms with Crippen molar-refractivity contribution in [3.8, 4) is 5.69 Å². The molecule has 5 nitrogen and oxygen atoms in total. The zero-order chi connectivity index (χ0) is 15.1. The Morgan fingerprint density at radius 3 is 2.67 bits per heavy atom. The summed E-state index contributed by atoms with van der Waals surface area (Å²) in [5, 5.41) is 5.62. The Labute approximate surface area is 124 Å². The van der Waals surface area contributed by atoms with Gasteiger partial charge in [0.15, 0.2) is 0 Å². The lowest BCUT2D eigenvalue weighted by Crippen LogP contribution is -2.30. The second-order valence-corrected chi connectivity index (χ2v) is 4.98. The van der Waals surface area contributed by atoms with E-state index in [4.69, 9.17) is 0 Å². The molecule has 0 fully saturated rings. The van der Waals surface area contributed by atoms with Crippen LogP contribution in [0.25, 0.3) is 5.69 Å². The molecule has 0 saturated carbocycles. The van der Waals surface area contributed by atoms with E-state index in [0.717, 1.165) is 19.3 Å². The van der Waals surface area contributed by atoms with Crippen LogP contribution in [0.3, 0.4) is 0 Å². The lowest BCUT2D eigenvalue weighted by atomic mass is 10.2. The molecule has 0 saturated heterocycles. The number of amides is 1. The molecule has 5 heteroatoms. The van der Waals surface area contributed by atoms with Crippen LogP contribution in [0.5, 0.6) is 0 Å². The molecule has 0 atom stereocenters. The van der Waals surface area contributed by atoms with Gasteiger partial charge in [-0.1, -0.05) is 44.4 Å². The topological polar surface area (TPSA) is 66.9 Å². The van der Waals surface area contributed by atoms with E-state index in [1.165, 1.54) is 17.3 Å². The van der Waals surface area contributed by atoms with Crippen LogP contribution in [-0.4, -0.2) is 22.2 Å². The van der Waals surface area contributed by atoms with Crippen LogP contribution in [0.1, 0.15) is 43.0 Å². The van der Waals surface area contributed by atoms with E-state index in [2.05, 4.69) is 17.3 Å². The van der Waals surface area contributed by atoms with Crippen molar-refractivity contribution in [2.45, 2.75) is 32.6 Å². The smallest absolute Gasteiger partial charge is 0.284 e. The zero-order valence-electron chi connectivity index (χ0n) is 12.3. The lowest BCUT2D eigenvalue weighted by Gasteiger charge is -2.02. The van der Waals surface area contributed by atoms with Crippen molar-refractivity contribution in [3.63, 3.8) is 0 Å². The highest BCUT2D eigenvalue weighted by atomic mass is 16.2. The highest BCUT2D eigenvalue weighted by Crippen LogP contribution is 2.03. The fourth-order valence-electron chi connectivity index (χ4n) is 2.15. The molecule has 0 aliphatic rings. The summed E-state index contributed by atoms with van der Waals surface area (Å²) in [4.78, 5) is 24.2. The van der Waals surface area contributed by atoms with Gasteiger partial charge >= 0.3 is 0 Å². The first-order valence-corrected chi connectivity index (χ1v) is 7.38. The fourth-order valence-corrected chi connectivity index (χ4v) is 2.15. The normalized spacial score (nSPS) is 10.5. The number of carbonyl (C=O) groups excluding carboxylic acids is 1. The van der Waals surface area contributed by atoms with E-state index in [0.29, 0.717) is 12.2 Å². The van der Waals surface area contributed by atoms with Crippen molar-refractivity contribution in [3.05, 3.63) is 52.4 Å². The maximum absolute atomic E-state index is 12.2. The first kappa shape index (κ1) is 15.1. The second kappa shape index (κ2) is 7.47. The van der Waals surface area contributed by atoms with Crippen molar-refractivity contribution < 1.29 is 4.79 Å². The molecule has 0 unspecified atom stereocenters. The van der Waals surface area contributed by atoms with Crippen LogP contribution in [0.2, 0.25) is 0 Å². The van der Waals surface area contributed by atoms with Gasteiger partial charge in [-0.25, -0.2) is 4.68 Å². The summed E-state index contributed by atoms with van der Waals surface area (Å²) in [6.07, 6.45) is 5.82. The van der Waals surface area contributed by atoms with Gasteiger partial charge in [0.25, 0.3) is 11.5 Å². The summed E-state index contributed by atoms with van der Waals surface area (Å²) >= 11 is 0. The van der Waals surface area contributed by atoms with Crippen LogP contribution >= 0.6 is 0 Å². The lowest BCUT2D eigenvalue weighted by molar-refractivity contribution is 0.0952. The van der Waals surface area contributed by atoms with E-state index in [1.54, 1.807) is 0 Å². The maximum atomic E-state index is 12.2. The van der Waals surface area contributed by atoms with E-state index < -0.39 is 0 Å². The summed E-state index contributed by atoms with van der Waals surface area (Å²) in [5.41, 5.74) is 0.533. The number of rotatable bonds is 7. The van der Waals surface area contributed by atoms with Crippen LogP contribution in [-0.2, 0) is 0 Å². The molecule has 0 spiro atoms. The van der Waals surface area contributed by atoms with Crippen LogP contribution in [0.15, 0.2) is 41.3 Å². The number of unbranched alkanes of at least 4 members (excludes halogenated alkanes) is 3. The summed E-state index contributed by atoms with van der Waals surface area (Å²) in [6.45, 7) is 2.75. The number of nitrogens with zero attached hydrogens (tertiary/aromatic N) is 1. The van der Waals surface area contributed by atoms with Crippen molar-refractivity contribution in [2.75, 3.05) is 6.54 Å². The van der Waals surface area contributed by atoms with E-state index >= 15 is 0 Å². The van der Waals surface area contributed by atoms with Gasteiger partial charge in [0, 0.05) is 12.7 Å². The first-order chi connectivity index (χ1) is 10.2. The molecule has 2 rings (SSSR count). The van der Waals surface area contributed by atoms with E-state index in [9.17, 15) is 9.59 Å². The number of carbonyl (C=O) groups is 1. The maximum Gasteiger partial charge on any atom is 0.284 e. The SMILES string of the molecule is CCCCCCNC(=O)c1c[nH]n(-c2ccccc2)c1=O. The fraction of sp³-hybridized carbons (Fsp3) is 0.375. The molecule has 0 bridgehead atoms. The quantitative estimate of drug-likeness (QED) is 0.768. The molecule has 0 radical (unpaired) electrons. The first-order valence-electron chi connectivity index (χ1n) is 7.38. The number of hydrogen-bond donors (Lipinski definition) is 2. The highest BCUT2D eigenvalue weighted by Gasteiger charge is 2.14. The average Bonchev–Trinajstić information content (AvgIpc) is 2.89. The van der Waals surface area contributed by atoms with Crippen molar-refractivity contribution in [2.24, 2.45) is 0 Å². The van der Waals surface area contributed by atoms with Gasteiger partial charge in [0.1, 0.15) is 5.56 Å². The van der Waals surface area contributed by atoms with Crippen molar-refractivity contribution >= 4 is 5.91 Å². The molecule has 2 N–H and O–H groups in total. The summed E-state index contributed by atoms with van der Waals surface area (Å²) < 4.78 is 1.37. The Bertz CT molecular complexity index is 628. The minimum Gasteiger partial charge on any atom is -0.352 e. The zero-order valence-corrected chi connectivity index (χ0v) is 12.3. The molecule has 1 heterocycles. The molecule has 21 heavy (non-hydrogen) atoms. The Morgan fingerprint density at radius 2 is 1.95 bits per heavy atom. The summed E-state index contributed by atoms with van der Waals surface area (Å²) in [5.74, 6) is -0.317. The predicted molar refractivity (Wildman–Crippen MR) is 82.9 cm³/mol. The van der Waals surface area contributed by atoms with Gasteiger partial charge in [0.2, 0.25) is 0 Å². The number of benzene rings is 1. The Kier molecular flexibility index (Phi) is 5.37. The minimum absolute atomic E-state index is 0.148. The Hall–Kier alpha value is -2.30. The third kappa shape index (κ3) is 3.84. The molecule has 2 aromatic rings. The molecular weight excluding hydrogens is 266 g/mol.